The van der Waals surface area contributed by atoms with Gasteiger partial charge in [-0.05, 0) is 86.0 Å². The van der Waals surface area contributed by atoms with Crippen LogP contribution < -0.4 is 4.74 Å². The average molecular weight is 549 g/mol. The Morgan fingerprint density at radius 1 is 1.28 bits per heavy atom. The highest BCUT2D eigenvalue weighted by Crippen LogP contribution is 2.36. The van der Waals surface area contributed by atoms with Crippen LogP contribution in [-0.2, 0) is 4.79 Å². The number of carboxylic acid groups (broad SMARTS) is 1. The van der Waals surface area contributed by atoms with Gasteiger partial charge in [0.2, 0.25) is 0 Å². The van der Waals surface area contributed by atoms with E-state index >= 15 is 0 Å². The summed E-state index contributed by atoms with van der Waals surface area (Å²) >= 11 is 9.47. The third kappa shape index (κ3) is 7.35. The Morgan fingerprint density at radius 2 is 2.14 bits per heavy atom. The molecule has 1 fully saturated rings. The van der Waals surface area contributed by atoms with Crippen molar-refractivity contribution >= 4 is 51.6 Å². The first-order valence-corrected chi connectivity index (χ1v) is 14.5. The number of ether oxygens (including phenoxy) is 1. The number of aliphatic hydroxyl groups is 1. The molecule has 3 aromatic rings. The van der Waals surface area contributed by atoms with Crippen molar-refractivity contribution in [2.75, 3.05) is 32.5 Å². The van der Waals surface area contributed by atoms with Gasteiger partial charge in [-0.3, -0.25) is 9.78 Å². The molecule has 3 heterocycles. The molecule has 9 heteroatoms. The molecule has 0 aliphatic carbocycles. The van der Waals surface area contributed by atoms with Gasteiger partial charge < -0.3 is 19.8 Å². The van der Waals surface area contributed by atoms with Gasteiger partial charge in [0, 0.05) is 36.8 Å². The number of carboxylic acids is 1. The zero-order valence-electron chi connectivity index (χ0n) is 20.4. The van der Waals surface area contributed by atoms with Crippen molar-refractivity contribution in [3.05, 3.63) is 52.5 Å². The van der Waals surface area contributed by atoms with Crippen LogP contribution in [0.4, 0.5) is 0 Å². The van der Waals surface area contributed by atoms with Crippen LogP contribution in [0.1, 0.15) is 43.8 Å². The molecule has 6 nitrogen and oxygen atoms in total. The second-order valence-electron chi connectivity index (χ2n) is 9.33. The smallest absolute Gasteiger partial charge is 0.303 e. The number of rotatable bonds is 12. The quantitative estimate of drug-likeness (QED) is 0.254. The molecule has 2 N–H and O–H groups in total. The second-order valence-corrected chi connectivity index (χ2v) is 12.4. The highest BCUT2D eigenvalue weighted by molar-refractivity contribution is 8.01. The highest BCUT2D eigenvalue weighted by Gasteiger charge is 2.30. The van der Waals surface area contributed by atoms with Crippen molar-refractivity contribution in [3.63, 3.8) is 0 Å². The lowest BCUT2D eigenvalue weighted by Crippen LogP contribution is -2.41. The predicted octanol–water partition coefficient (Wildman–Crippen LogP) is 6.37. The average Bonchev–Trinajstić information content (AvgIpc) is 3.30. The number of pyridine rings is 1. The van der Waals surface area contributed by atoms with E-state index in [-0.39, 0.29) is 6.42 Å². The molecule has 0 bridgehead atoms. The number of benzene rings is 1. The molecule has 1 aliphatic heterocycles. The van der Waals surface area contributed by atoms with Crippen LogP contribution in [0.2, 0.25) is 4.34 Å². The van der Waals surface area contributed by atoms with E-state index < -0.39 is 12.1 Å². The summed E-state index contributed by atoms with van der Waals surface area (Å²) in [5, 5.41) is 21.3. The Labute approximate surface area is 225 Å². The minimum Gasteiger partial charge on any atom is -0.497 e. The lowest BCUT2D eigenvalue weighted by molar-refractivity contribution is -0.137. The largest absolute Gasteiger partial charge is 0.497 e. The maximum Gasteiger partial charge on any atom is 0.303 e. The number of fused-ring (bicyclic) bond motifs is 1. The Hall–Kier alpha value is -1.84. The third-order valence-corrected chi connectivity index (χ3v) is 9.49. The van der Waals surface area contributed by atoms with E-state index in [1.54, 1.807) is 24.6 Å². The molecule has 0 spiro atoms. The van der Waals surface area contributed by atoms with Gasteiger partial charge in [-0.15, -0.1) is 23.1 Å². The normalized spacial score (nSPS) is 19.4. The fraction of sp³-hybridized carbons (Fsp3) is 0.481. The van der Waals surface area contributed by atoms with Crippen LogP contribution in [0.15, 0.2) is 46.8 Å². The zero-order chi connectivity index (χ0) is 25.5. The number of methoxy groups -OCH3 is 1. The number of thiophene rings is 1. The van der Waals surface area contributed by atoms with Gasteiger partial charge in [0.15, 0.2) is 0 Å². The van der Waals surface area contributed by atoms with Gasteiger partial charge in [0.05, 0.1) is 27.3 Å². The monoisotopic (exact) mass is 548 g/mol. The van der Waals surface area contributed by atoms with Crippen LogP contribution in [-0.4, -0.2) is 58.6 Å². The summed E-state index contributed by atoms with van der Waals surface area (Å²) in [6, 6.07) is 11.6. The number of hydrogen-bond acceptors (Lipinski definition) is 7. The van der Waals surface area contributed by atoms with Crippen molar-refractivity contribution < 1.29 is 19.7 Å². The number of nitrogens with zero attached hydrogens (tertiary/aromatic N) is 2. The van der Waals surface area contributed by atoms with Gasteiger partial charge >= 0.3 is 5.97 Å². The number of aliphatic carboxylic acids is 1. The van der Waals surface area contributed by atoms with Gasteiger partial charge in [0.1, 0.15) is 5.75 Å². The first kappa shape index (κ1) is 27.2. The summed E-state index contributed by atoms with van der Waals surface area (Å²) in [6.07, 6.45) is 4.54. The number of aromatic nitrogens is 1. The van der Waals surface area contributed by atoms with Crippen molar-refractivity contribution in [3.8, 4) is 5.75 Å². The Bertz CT molecular complexity index is 1160. The standard InChI is InChI=1S/C27H33ClN2O4S2/c1-34-20-4-5-23-22(16-20)21(10-12-29-23)24(31)6-2-18-11-13-30(17-19(18)3-8-26(32)33)14-15-35-27-9-7-25(28)36-27/h4-5,7,9-10,12,16,18-19,24,31H,2-3,6,8,11,13-15,17H2,1H3,(H,32,33)/t18?,19?,24-/m0/s1. The lowest BCUT2D eigenvalue weighted by atomic mass is 9.79. The van der Waals surface area contributed by atoms with Crippen molar-refractivity contribution in [1.29, 1.82) is 0 Å². The number of thioether (sulfide) groups is 1. The minimum absolute atomic E-state index is 0.189. The predicted molar refractivity (Wildman–Crippen MR) is 147 cm³/mol. The molecule has 0 saturated carbocycles. The minimum atomic E-state index is -0.742. The summed E-state index contributed by atoms with van der Waals surface area (Å²) in [7, 11) is 1.63. The van der Waals surface area contributed by atoms with Crippen LogP contribution in [0.3, 0.4) is 0 Å². The summed E-state index contributed by atoms with van der Waals surface area (Å²) in [6.45, 7) is 2.89. The van der Waals surface area contributed by atoms with E-state index in [1.165, 1.54) is 4.21 Å². The number of aliphatic hydroxyl groups excluding tert-OH is 1. The molecule has 0 radical (unpaired) electrons. The number of likely N-dealkylation sites (tertiary alicyclic amines) is 1. The van der Waals surface area contributed by atoms with Crippen molar-refractivity contribution in [2.45, 2.75) is 42.4 Å². The summed E-state index contributed by atoms with van der Waals surface area (Å²) in [4.78, 5) is 18.2. The fourth-order valence-electron chi connectivity index (χ4n) is 5.12. The van der Waals surface area contributed by atoms with E-state index in [0.29, 0.717) is 24.7 Å². The topological polar surface area (TPSA) is 82.9 Å². The van der Waals surface area contributed by atoms with Crippen LogP contribution >= 0.6 is 34.7 Å². The first-order valence-electron chi connectivity index (χ1n) is 12.4. The maximum absolute atomic E-state index is 11.3. The Balaban J connectivity index is 1.35. The molecule has 2 aromatic heterocycles. The molecule has 36 heavy (non-hydrogen) atoms. The molecule has 1 aliphatic rings. The van der Waals surface area contributed by atoms with E-state index in [4.69, 9.17) is 16.3 Å². The van der Waals surface area contributed by atoms with E-state index in [2.05, 4.69) is 16.0 Å². The van der Waals surface area contributed by atoms with Gasteiger partial charge in [-0.25, -0.2) is 0 Å². The van der Waals surface area contributed by atoms with E-state index in [9.17, 15) is 15.0 Å². The van der Waals surface area contributed by atoms with Gasteiger partial charge in [-0.1, -0.05) is 11.6 Å². The number of hydrogen-bond donors (Lipinski definition) is 2. The van der Waals surface area contributed by atoms with Crippen LogP contribution in [0, 0.1) is 11.8 Å². The van der Waals surface area contributed by atoms with Gasteiger partial charge in [-0.2, -0.15) is 0 Å². The Morgan fingerprint density at radius 3 is 2.89 bits per heavy atom. The van der Waals surface area contributed by atoms with Gasteiger partial charge in [0.25, 0.3) is 0 Å². The van der Waals surface area contributed by atoms with Crippen LogP contribution in [0.25, 0.3) is 10.9 Å². The molecular weight excluding hydrogens is 516 g/mol. The maximum atomic E-state index is 11.3. The molecule has 1 saturated heterocycles. The first-order chi connectivity index (χ1) is 17.4. The highest BCUT2D eigenvalue weighted by atomic mass is 35.5. The van der Waals surface area contributed by atoms with E-state index in [1.807, 2.05) is 42.1 Å². The SMILES string of the molecule is COc1ccc2nccc([C@@H](O)CCC3CCN(CCSc4ccc(Cl)s4)CC3CCC(=O)O)c2c1. The fourth-order valence-corrected chi connectivity index (χ4v) is 7.50. The summed E-state index contributed by atoms with van der Waals surface area (Å²) < 4.78 is 7.41. The van der Waals surface area contributed by atoms with Crippen molar-refractivity contribution in [1.82, 2.24) is 9.88 Å². The molecule has 3 atom stereocenters. The molecule has 1 aromatic carbocycles. The second kappa shape index (κ2) is 13.1. The molecule has 2 unspecified atom stereocenters. The number of halogens is 1. The number of piperidine rings is 1. The van der Waals surface area contributed by atoms with Crippen molar-refractivity contribution in [2.24, 2.45) is 11.8 Å². The molecule has 194 valence electrons. The third-order valence-electron chi connectivity index (χ3n) is 7.06. The zero-order valence-corrected chi connectivity index (χ0v) is 22.8. The Kier molecular flexibility index (Phi) is 9.90. The summed E-state index contributed by atoms with van der Waals surface area (Å²) in [5.41, 5.74) is 1.70. The van der Waals surface area contributed by atoms with E-state index in [0.717, 1.165) is 64.8 Å². The number of carbonyl (C=O) groups is 1. The summed E-state index contributed by atoms with van der Waals surface area (Å²) in [5.74, 6) is 1.71. The molecular formula is C27H33ClN2O4S2. The van der Waals surface area contributed by atoms with Crippen LogP contribution in [0.5, 0.6) is 5.75 Å². The molecule has 0 amide bonds. The lowest BCUT2D eigenvalue weighted by Gasteiger charge is -2.39. The molecule has 4 rings (SSSR count).